The van der Waals surface area contributed by atoms with Crippen LogP contribution in [0.2, 0.25) is 5.02 Å². The minimum absolute atomic E-state index is 0.0119. The highest BCUT2D eigenvalue weighted by Gasteiger charge is 2.18. The first-order valence-electron chi connectivity index (χ1n) is 8.95. The van der Waals surface area contributed by atoms with Crippen molar-refractivity contribution >= 4 is 40.5 Å². The number of non-ortho nitro benzene ring substituents is 1. The van der Waals surface area contributed by atoms with Crippen LogP contribution in [-0.2, 0) is 0 Å². The van der Waals surface area contributed by atoms with Gasteiger partial charge in [-0.15, -0.1) is 0 Å². The molecule has 0 bridgehead atoms. The third-order valence-electron chi connectivity index (χ3n) is 4.17. The average Bonchev–Trinajstić information content (AvgIpc) is 2.74. The van der Waals surface area contributed by atoms with Gasteiger partial charge in [0.2, 0.25) is 0 Å². The Kier molecular flexibility index (Phi) is 6.96. The summed E-state index contributed by atoms with van der Waals surface area (Å²) in [5, 5.41) is 15.8. The summed E-state index contributed by atoms with van der Waals surface area (Å²) in [6.45, 7) is -2.96. The van der Waals surface area contributed by atoms with Gasteiger partial charge in [-0.05, 0) is 42.5 Å². The average molecular weight is 462 g/mol. The molecule has 3 aromatic carbocycles. The van der Waals surface area contributed by atoms with E-state index in [4.69, 9.17) is 11.6 Å². The number of anilines is 2. The zero-order valence-electron chi connectivity index (χ0n) is 16.1. The molecule has 2 amide bonds. The van der Waals surface area contributed by atoms with E-state index in [2.05, 4.69) is 15.4 Å². The molecule has 32 heavy (non-hydrogen) atoms. The summed E-state index contributed by atoms with van der Waals surface area (Å²) in [5.74, 6) is -1.30. The van der Waals surface area contributed by atoms with Crippen LogP contribution in [0.25, 0.3) is 0 Å². The number of ether oxygens (including phenoxy) is 1. The summed E-state index contributed by atoms with van der Waals surface area (Å²) >= 11 is 5.99. The van der Waals surface area contributed by atoms with Crippen LogP contribution in [0, 0.1) is 10.1 Å². The van der Waals surface area contributed by atoms with Crippen LogP contribution < -0.4 is 15.4 Å². The normalized spacial score (nSPS) is 10.5. The summed E-state index contributed by atoms with van der Waals surface area (Å²) in [6.07, 6.45) is 0. The third kappa shape index (κ3) is 5.55. The topological polar surface area (TPSA) is 111 Å². The lowest BCUT2D eigenvalue weighted by molar-refractivity contribution is -0.384. The fraction of sp³-hybridized carbons (Fsp3) is 0.0476. The van der Waals surface area contributed by atoms with Crippen molar-refractivity contribution in [3.63, 3.8) is 0 Å². The quantitative estimate of drug-likeness (QED) is 0.364. The molecule has 0 radical (unpaired) electrons. The smallest absolute Gasteiger partial charge is 0.387 e. The Bertz CT molecular complexity index is 1170. The number of hydrogen-bond acceptors (Lipinski definition) is 5. The van der Waals surface area contributed by atoms with Gasteiger partial charge in [0.05, 0.1) is 26.8 Å². The Balaban J connectivity index is 1.76. The minimum atomic E-state index is -2.96. The fourth-order valence-electron chi connectivity index (χ4n) is 2.70. The summed E-state index contributed by atoms with van der Waals surface area (Å²) in [7, 11) is 0. The van der Waals surface area contributed by atoms with E-state index in [1.165, 1.54) is 42.5 Å². The highest BCUT2D eigenvalue weighted by atomic mass is 35.5. The molecule has 3 rings (SSSR count). The van der Waals surface area contributed by atoms with Crippen LogP contribution in [0.3, 0.4) is 0 Å². The number of nitrogens with one attached hydrogen (secondary N) is 2. The number of hydrogen-bond donors (Lipinski definition) is 2. The number of para-hydroxylation sites is 1. The maximum absolute atomic E-state index is 12.7. The maximum Gasteiger partial charge on any atom is 0.387 e. The summed E-state index contributed by atoms with van der Waals surface area (Å²) in [5.41, 5.74) is 0.323. The third-order valence-corrected chi connectivity index (χ3v) is 4.48. The largest absolute Gasteiger partial charge is 0.435 e. The maximum atomic E-state index is 12.7. The van der Waals surface area contributed by atoms with E-state index in [-0.39, 0.29) is 33.3 Å². The summed E-state index contributed by atoms with van der Waals surface area (Å²) < 4.78 is 28.7. The van der Waals surface area contributed by atoms with E-state index in [0.29, 0.717) is 5.69 Å². The molecule has 3 aromatic rings. The van der Waals surface area contributed by atoms with Gasteiger partial charge >= 0.3 is 6.61 Å². The summed E-state index contributed by atoms with van der Waals surface area (Å²) in [6, 6.07) is 14.9. The number of alkyl halides is 2. The Morgan fingerprint density at radius 1 is 0.938 bits per heavy atom. The Labute approximate surface area is 184 Å². The number of rotatable bonds is 7. The van der Waals surface area contributed by atoms with Gasteiger partial charge in [-0.25, -0.2) is 0 Å². The van der Waals surface area contributed by atoms with Crippen molar-refractivity contribution < 1.29 is 28.0 Å². The van der Waals surface area contributed by atoms with Crippen LogP contribution in [0.4, 0.5) is 25.8 Å². The molecular weight excluding hydrogens is 448 g/mol. The molecular formula is C21H14ClF2N3O5. The zero-order chi connectivity index (χ0) is 23.3. The van der Waals surface area contributed by atoms with E-state index < -0.39 is 23.3 Å². The number of nitro benzene ring substituents is 1. The molecule has 0 saturated heterocycles. The van der Waals surface area contributed by atoms with E-state index in [1.54, 1.807) is 12.1 Å². The number of halogens is 3. The van der Waals surface area contributed by atoms with Gasteiger partial charge < -0.3 is 15.4 Å². The molecule has 0 saturated carbocycles. The second kappa shape index (κ2) is 9.84. The second-order valence-electron chi connectivity index (χ2n) is 6.28. The van der Waals surface area contributed by atoms with E-state index >= 15 is 0 Å². The lowest BCUT2D eigenvalue weighted by Crippen LogP contribution is -2.18. The molecule has 8 nitrogen and oxygen atoms in total. The van der Waals surface area contributed by atoms with Crippen molar-refractivity contribution in [2.24, 2.45) is 0 Å². The lowest BCUT2D eigenvalue weighted by atomic mass is 10.1. The van der Waals surface area contributed by atoms with E-state index in [1.807, 2.05) is 0 Å². The molecule has 0 aliphatic heterocycles. The van der Waals surface area contributed by atoms with Gasteiger partial charge in [0.25, 0.3) is 17.5 Å². The number of nitrogens with zero attached hydrogens (tertiary/aromatic N) is 1. The van der Waals surface area contributed by atoms with Crippen LogP contribution >= 0.6 is 11.6 Å². The van der Waals surface area contributed by atoms with Crippen molar-refractivity contribution in [1.82, 2.24) is 0 Å². The van der Waals surface area contributed by atoms with Gasteiger partial charge in [0, 0.05) is 17.8 Å². The van der Waals surface area contributed by atoms with Gasteiger partial charge in [-0.2, -0.15) is 8.78 Å². The first kappa shape index (κ1) is 22.6. The van der Waals surface area contributed by atoms with E-state index in [9.17, 15) is 28.5 Å². The van der Waals surface area contributed by atoms with Gasteiger partial charge in [0.1, 0.15) is 5.75 Å². The zero-order valence-corrected chi connectivity index (χ0v) is 16.8. The number of nitro groups is 1. The van der Waals surface area contributed by atoms with E-state index in [0.717, 1.165) is 12.1 Å². The lowest BCUT2D eigenvalue weighted by Gasteiger charge is -2.12. The first-order valence-corrected chi connectivity index (χ1v) is 9.33. The van der Waals surface area contributed by atoms with Crippen molar-refractivity contribution in [2.45, 2.75) is 6.61 Å². The van der Waals surface area contributed by atoms with Gasteiger partial charge in [0.15, 0.2) is 0 Å². The Morgan fingerprint density at radius 3 is 2.22 bits per heavy atom. The molecule has 0 aliphatic rings. The van der Waals surface area contributed by atoms with Crippen molar-refractivity contribution in [3.8, 4) is 5.75 Å². The number of amides is 2. The SMILES string of the molecule is O=C(Nc1ccccc1C(=O)Nc1ccc(OC(F)F)cc1)c1ccc([N+](=O)[O-])cc1Cl. The van der Waals surface area contributed by atoms with Crippen LogP contribution in [-0.4, -0.2) is 23.3 Å². The molecule has 0 aliphatic carbocycles. The van der Waals surface area contributed by atoms with Crippen molar-refractivity contribution in [3.05, 3.63) is 93.0 Å². The molecule has 0 unspecified atom stereocenters. The molecule has 11 heteroatoms. The molecule has 0 fully saturated rings. The standard InChI is InChI=1S/C21H14ClF2N3O5/c22-17-11-13(27(30)31)7-10-15(17)19(28)26-18-4-2-1-3-16(18)20(29)25-12-5-8-14(9-6-12)32-21(23)24/h1-11,21H,(H,25,29)(H,26,28). The fourth-order valence-corrected chi connectivity index (χ4v) is 2.96. The monoisotopic (exact) mass is 461 g/mol. The highest BCUT2D eigenvalue weighted by molar-refractivity contribution is 6.34. The minimum Gasteiger partial charge on any atom is -0.435 e. The molecule has 164 valence electrons. The molecule has 0 heterocycles. The van der Waals surface area contributed by atoms with Gasteiger partial charge in [-0.1, -0.05) is 23.7 Å². The predicted molar refractivity (Wildman–Crippen MR) is 114 cm³/mol. The van der Waals surface area contributed by atoms with Gasteiger partial charge in [-0.3, -0.25) is 19.7 Å². The number of benzene rings is 3. The first-order chi connectivity index (χ1) is 15.2. The number of carbonyl (C=O) groups excluding carboxylic acids is 2. The highest BCUT2D eigenvalue weighted by Crippen LogP contribution is 2.25. The van der Waals surface area contributed by atoms with Crippen LogP contribution in [0.5, 0.6) is 5.75 Å². The van der Waals surface area contributed by atoms with Crippen LogP contribution in [0.15, 0.2) is 66.7 Å². The summed E-state index contributed by atoms with van der Waals surface area (Å²) in [4.78, 5) is 35.5. The Hall–Kier alpha value is -4.05. The van der Waals surface area contributed by atoms with Crippen LogP contribution in [0.1, 0.15) is 20.7 Å². The van der Waals surface area contributed by atoms with Crippen molar-refractivity contribution in [2.75, 3.05) is 10.6 Å². The molecule has 2 N–H and O–H groups in total. The Morgan fingerprint density at radius 2 is 1.59 bits per heavy atom. The van der Waals surface area contributed by atoms with Crippen molar-refractivity contribution in [1.29, 1.82) is 0 Å². The molecule has 0 atom stereocenters. The second-order valence-corrected chi connectivity index (χ2v) is 6.69. The predicted octanol–water partition coefficient (Wildman–Crippen LogP) is 5.35. The molecule has 0 spiro atoms. The molecule has 0 aromatic heterocycles. The number of carbonyl (C=O) groups is 2.